The lowest BCUT2D eigenvalue weighted by atomic mass is 9.95. The van der Waals surface area contributed by atoms with Crippen LogP contribution in [0.5, 0.6) is 5.75 Å². The molecule has 0 spiro atoms. The summed E-state index contributed by atoms with van der Waals surface area (Å²) in [6, 6.07) is 12.4. The predicted octanol–water partition coefficient (Wildman–Crippen LogP) is 5.96. The van der Waals surface area contributed by atoms with Gasteiger partial charge in [0.15, 0.2) is 0 Å². The molecule has 0 aliphatic heterocycles. The number of alkyl halides is 1. The number of hydrogen-bond donors (Lipinski definition) is 0. The molecule has 2 aromatic carbocycles. The Morgan fingerprint density at radius 1 is 1.05 bits per heavy atom. The third-order valence-corrected chi connectivity index (χ3v) is 4.96. The molecule has 2 aromatic rings. The summed E-state index contributed by atoms with van der Waals surface area (Å²) in [5.41, 5.74) is 5.04. The fraction of sp³-hybridized carbons (Fsp3) is 0.333. The van der Waals surface area contributed by atoms with Crippen LogP contribution in [-0.4, -0.2) is 7.11 Å². The molecular formula is C18H20BrClO. The Morgan fingerprint density at radius 2 is 1.81 bits per heavy atom. The fourth-order valence-electron chi connectivity index (χ4n) is 2.49. The van der Waals surface area contributed by atoms with Crippen molar-refractivity contribution in [3.8, 4) is 5.75 Å². The first kappa shape index (κ1) is 16.4. The Labute approximate surface area is 140 Å². The zero-order chi connectivity index (χ0) is 15.4. The van der Waals surface area contributed by atoms with Crippen LogP contribution in [0, 0.1) is 0 Å². The van der Waals surface area contributed by atoms with Gasteiger partial charge in [0.2, 0.25) is 0 Å². The molecule has 3 heteroatoms. The number of hydrogen-bond acceptors (Lipinski definition) is 1. The lowest BCUT2D eigenvalue weighted by molar-refractivity contribution is 0.410. The van der Waals surface area contributed by atoms with Gasteiger partial charge in [-0.1, -0.05) is 59.6 Å². The summed E-state index contributed by atoms with van der Waals surface area (Å²) in [4.78, 5) is 0.0765. The molecule has 1 nitrogen and oxygen atoms in total. The van der Waals surface area contributed by atoms with Crippen molar-refractivity contribution in [3.05, 3.63) is 63.7 Å². The Bertz CT molecular complexity index is 625. The van der Waals surface area contributed by atoms with E-state index >= 15 is 0 Å². The summed E-state index contributed by atoms with van der Waals surface area (Å²) < 4.78 is 5.48. The first-order chi connectivity index (χ1) is 10.1. The maximum Gasteiger partial charge on any atom is 0.123 e. The highest BCUT2D eigenvalue weighted by molar-refractivity contribution is 9.09. The molecule has 0 radical (unpaired) electrons. The van der Waals surface area contributed by atoms with Gasteiger partial charge in [-0.25, -0.2) is 0 Å². The topological polar surface area (TPSA) is 9.23 Å². The van der Waals surface area contributed by atoms with Crippen LogP contribution in [0.4, 0.5) is 0 Å². The number of benzene rings is 2. The van der Waals surface area contributed by atoms with Gasteiger partial charge in [-0.2, -0.15) is 0 Å². The smallest absolute Gasteiger partial charge is 0.123 e. The van der Waals surface area contributed by atoms with Crippen LogP contribution in [0.3, 0.4) is 0 Å². The Hall–Kier alpha value is -0.990. The van der Waals surface area contributed by atoms with Gasteiger partial charge in [-0.05, 0) is 47.7 Å². The highest BCUT2D eigenvalue weighted by Gasteiger charge is 2.18. The van der Waals surface area contributed by atoms with E-state index in [-0.39, 0.29) is 4.83 Å². The molecule has 1 unspecified atom stereocenters. The van der Waals surface area contributed by atoms with Crippen LogP contribution in [0.25, 0.3) is 0 Å². The van der Waals surface area contributed by atoms with E-state index in [4.69, 9.17) is 16.3 Å². The molecular weight excluding hydrogens is 348 g/mol. The van der Waals surface area contributed by atoms with Crippen LogP contribution in [0.1, 0.15) is 40.9 Å². The van der Waals surface area contributed by atoms with Crippen molar-refractivity contribution >= 4 is 27.5 Å². The Kier molecular flexibility index (Phi) is 5.72. The van der Waals surface area contributed by atoms with Crippen molar-refractivity contribution in [2.24, 2.45) is 0 Å². The van der Waals surface area contributed by atoms with Crippen LogP contribution >= 0.6 is 27.5 Å². The van der Waals surface area contributed by atoms with Crippen LogP contribution < -0.4 is 4.74 Å². The summed E-state index contributed by atoms with van der Waals surface area (Å²) in [7, 11) is 1.69. The minimum Gasteiger partial charge on any atom is -0.496 e. The number of methoxy groups -OCH3 is 1. The third-order valence-electron chi connectivity index (χ3n) is 3.74. The molecule has 0 N–H and O–H groups in total. The second kappa shape index (κ2) is 7.33. The Morgan fingerprint density at radius 3 is 2.43 bits per heavy atom. The molecule has 0 bridgehead atoms. The van der Waals surface area contributed by atoms with Crippen molar-refractivity contribution < 1.29 is 4.74 Å². The van der Waals surface area contributed by atoms with Gasteiger partial charge in [0.25, 0.3) is 0 Å². The zero-order valence-corrected chi connectivity index (χ0v) is 15.0. The van der Waals surface area contributed by atoms with Gasteiger partial charge in [-0.15, -0.1) is 0 Å². The second-order valence-electron chi connectivity index (χ2n) is 4.99. The van der Waals surface area contributed by atoms with Gasteiger partial charge < -0.3 is 4.74 Å². The van der Waals surface area contributed by atoms with E-state index in [1.54, 1.807) is 7.11 Å². The highest BCUT2D eigenvalue weighted by atomic mass is 79.9. The molecule has 1 atom stereocenters. The van der Waals surface area contributed by atoms with E-state index in [0.29, 0.717) is 0 Å². The number of halogens is 2. The number of ether oxygens (including phenoxy) is 1. The van der Waals surface area contributed by atoms with Crippen molar-refractivity contribution in [1.82, 2.24) is 0 Å². The van der Waals surface area contributed by atoms with Crippen molar-refractivity contribution in [2.45, 2.75) is 31.5 Å². The van der Waals surface area contributed by atoms with Gasteiger partial charge in [0.05, 0.1) is 11.9 Å². The first-order valence-electron chi connectivity index (χ1n) is 7.19. The summed E-state index contributed by atoms with van der Waals surface area (Å²) in [5, 5.41) is 0.722. The molecule has 21 heavy (non-hydrogen) atoms. The molecule has 0 amide bonds. The minimum atomic E-state index is 0.0765. The van der Waals surface area contributed by atoms with Crippen LogP contribution in [0.15, 0.2) is 36.4 Å². The average Bonchev–Trinajstić information content (AvgIpc) is 2.53. The minimum absolute atomic E-state index is 0.0765. The molecule has 0 saturated heterocycles. The fourth-order valence-corrected chi connectivity index (χ4v) is 3.46. The van der Waals surface area contributed by atoms with E-state index in [9.17, 15) is 0 Å². The molecule has 0 aromatic heterocycles. The quantitative estimate of drug-likeness (QED) is 0.593. The number of rotatable bonds is 5. The van der Waals surface area contributed by atoms with Gasteiger partial charge in [-0.3, -0.25) is 0 Å². The van der Waals surface area contributed by atoms with Crippen molar-refractivity contribution in [3.63, 3.8) is 0 Å². The highest BCUT2D eigenvalue weighted by Crippen LogP contribution is 2.39. The van der Waals surface area contributed by atoms with E-state index in [1.807, 2.05) is 18.2 Å². The molecule has 2 rings (SSSR count). The van der Waals surface area contributed by atoms with Crippen molar-refractivity contribution in [2.75, 3.05) is 7.11 Å². The van der Waals surface area contributed by atoms with Gasteiger partial charge >= 0.3 is 0 Å². The van der Waals surface area contributed by atoms with E-state index < -0.39 is 0 Å². The molecule has 0 heterocycles. The normalized spacial score (nSPS) is 12.2. The predicted molar refractivity (Wildman–Crippen MR) is 94.0 cm³/mol. The maximum atomic E-state index is 6.16. The maximum absolute atomic E-state index is 6.16. The lowest BCUT2D eigenvalue weighted by Gasteiger charge is -2.19. The molecule has 0 fully saturated rings. The monoisotopic (exact) mass is 366 g/mol. The molecule has 0 saturated carbocycles. The zero-order valence-electron chi connectivity index (χ0n) is 12.6. The standard InChI is InChI=1S/C18H20BrClO/c1-4-12-6-7-13(5-2)15(10-12)18(19)16-11-14(20)8-9-17(16)21-3/h6-11,18H,4-5H2,1-3H3. The second-order valence-corrected chi connectivity index (χ2v) is 6.34. The average molecular weight is 368 g/mol. The van der Waals surface area contributed by atoms with Gasteiger partial charge in [0, 0.05) is 10.6 Å². The molecule has 0 aliphatic rings. The molecule has 112 valence electrons. The largest absolute Gasteiger partial charge is 0.496 e. The third kappa shape index (κ3) is 3.61. The molecule has 0 aliphatic carbocycles. The first-order valence-corrected chi connectivity index (χ1v) is 8.49. The van der Waals surface area contributed by atoms with Gasteiger partial charge in [0.1, 0.15) is 5.75 Å². The lowest BCUT2D eigenvalue weighted by Crippen LogP contribution is -2.02. The summed E-state index contributed by atoms with van der Waals surface area (Å²) in [6.45, 7) is 4.35. The SMILES string of the molecule is CCc1ccc(CC)c(C(Br)c2cc(Cl)ccc2OC)c1. The summed E-state index contributed by atoms with van der Waals surface area (Å²) in [5.74, 6) is 0.852. The van der Waals surface area contributed by atoms with Crippen LogP contribution in [0.2, 0.25) is 5.02 Å². The Balaban J connectivity index is 2.53. The summed E-state index contributed by atoms with van der Waals surface area (Å²) in [6.07, 6.45) is 2.04. The number of aryl methyl sites for hydroxylation is 2. The van der Waals surface area contributed by atoms with Crippen molar-refractivity contribution in [1.29, 1.82) is 0 Å². The van der Waals surface area contributed by atoms with E-state index in [0.717, 1.165) is 29.2 Å². The van der Waals surface area contributed by atoms with Crippen LogP contribution in [-0.2, 0) is 12.8 Å². The van der Waals surface area contributed by atoms with E-state index in [1.165, 1.54) is 16.7 Å². The summed E-state index contributed by atoms with van der Waals surface area (Å²) >= 11 is 10.00. The van der Waals surface area contributed by atoms with E-state index in [2.05, 4.69) is 48.0 Å².